The van der Waals surface area contributed by atoms with Gasteiger partial charge in [-0.3, -0.25) is 15.8 Å². The molecule has 9 heteroatoms. The average molecular weight is 384 g/mol. The van der Waals surface area contributed by atoms with Crippen molar-refractivity contribution in [2.45, 2.75) is 6.92 Å². The minimum atomic E-state index is 0.432. The van der Waals surface area contributed by atoms with Gasteiger partial charge in [-0.05, 0) is 55.6 Å². The fourth-order valence-corrected chi connectivity index (χ4v) is 2.60. The van der Waals surface area contributed by atoms with Gasteiger partial charge in [0, 0.05) is 31.9 Å². The van der Waals surface area contributed by atoms with Crippen molar-refractivity contribution in [1.29, 1.82) is 0 Å². The van der Waals surface area contributed by atoms with Gasteiger partial charge in [0.25, 0.3) is 0 Å². The van der Waals surface area contributed by atoms with Crippen LogP contribution < -0.4 is 26.2 Å². The molecule has 138 valence electrons. The summed E-state index contributed by atoms with van der Waals surface area (Å²) in [4.78, 5) is 2.34. The molecule has 1 saturated heterocycles. The maximum absolute atomic E-state index is 5.40. The van der Waals surface area contributed by atoms with E-state index >= 15 is 0 Å². The number of hydrazine groups is 1. The van der Waals surface area contributed by atoms with Gasteiger partial charge in [0.2, 0.25) is 0 Å². The molecule has 1 aliphatic rings. The lowest BCUT2D eigenvalue weighted by atomic mass is 10.3. The lowest BCUT2D eigenvalue weighted by molar-refractivity contribution is 0.0389. The van der Waals surface area contributed by atoms with Gasteiger partial charge in [0.1, 0.15) is 5.75 Å². The van der Waals surface area contributed by atoms with Crippen molar-refractivity contribution >= 4 is 40.3 Å². The van der Waals surface area contributed by atoms with Gasteiger partial charge in [-0.15, -0.1) is 0 Å². The van der Waals surface area contributed by atoms with E-state index in [1.807, 2.05) is 31.2 Å². The molecule has 0 atom stereocenters. The third-order valence-electron chi connectivity index (χ3n) is 3.53. The topological polar surface area (TPSA) is 69.8 Å². The van der Waals surface area contributed by atoms with Crippen LogP contribution in [0.2, 0.25) is 0 Å². The number of nitrogens with one attached hydrogen (secondary N) is 4. The molecular weight excluding hydrogens is 358 g/mol. The molecule has 25 heavy (non-hydrogen) atoms. The minimum Gasteiger partial charge on any atom is -0.494 e. The van der Waals surface area contributed by atoms with E-state index in [1.54, 1.807) is 0 Å². The molecule has 1 aromatic carbocycles. The normalized spacial score (nSPS) is 14.4. The summed E-state index contributed by atoms with van der Waals surface area (Å²) in [5.41, 5.74) is 6.60. The summed E-state index contributed by atoms with van der Waals surface area (Å²) in [5.74, 6) is 0.829. The van der Waals surface area contributed by atoms with Crippen LogP contribution in [0.5, 0.6) is 5.75 Å². The summed E-state index contributed by atoms with van der Waals surface area (Å²) in [6.07, 6.45) is 0. The standard InChI is InChI=1S/C16H25N5O2S2/c1-2-23-14-5-3-13(4-6-14)18-16(25)20-19-15(24)17-7-8-21-9-11-22-12-10-21/h3-6H,2,7-12H2,1H3,(H2,17,19,24)(H2,18,20,25). The number of ether oxygens (including phenoxy) is 2. The quantitative estimate of drug-likeness (QED) is 0.427. The number of nitrogens with zero attached hydrogens (tertiary/aromatic N) is 1. The van der Waals surface area contributed by atoms with E-state index in [0.717, 1.165) is 50.8 Å². The summed E-state index contributed by atoms with van der Waals surface area (Å²) in [7, 11) is 0. The van der Waals surface area contributed by atoms with Gasteiger partial charge in [-0.2, -0.15) is 0 Å². The fraction of sp³-hybridized carbons (Fsp3) is 0.500. The Hall–Kier alpha value is -1.68. The van der Waals surface area contributed by atoms with E-state index < -0.39 is 0 Å². The van der Waals surface area contributed by atoms with Gasteiger partial charge in [0.05, 0.1) is 19.8 Å². The summed E-state index contributed by atoms with van der Waals surface area (Å²) >= 11 is 10.4. The molecule has 1 fully saturated rings. The van der Waals surface area contributed by atoms with Crippen LogP contribution in [0.4, 0.5) is 5.69 Å². The SMILES string of the molecule is CCOc1ccc(NC(=S)NNC(=S)NCCN2CCOCC2)cc1. The molecule has 0 unspecified atom stereocenters. The minimum absolute atomic E-state index is 0.432. The van der Waals surface area contributed by atoms with Gasteiger partial charge >= 0.3 is 0 Å². The largest absolute Gasteiger partial charge is 0.494 e. The van der Waals surface area contributed by atoms with Crippen molar-refractivity contribution in [3.8, 4) is 5.75 Å². The second kappa shape index (κ2) is 11.0. The molecule has 2 rings (SSSR count). The highest BCUT2D eigenvalue weighted by Crippen LogP contribution is 2.15. The highest BCUT2D eigenvalue weighted by molar-refractivity contribution is 7.80. The number of hydrogen-bond donors (Lipinski definition) is 4. The summed E-state index contributed by atoms with van der Waals surface area (Å²) in [6.45, 7) is 7.84. The first-order valence-electron chi connectivity index (χ1n) is 8.31. The van der Waals surface area contributed by atoms with Crippen LogP contribution in [-0.2, 0) is 4.74 Å². The van der Waals surface area contributed by atoms with Crippen molar-refractivity contribution in [3.05, 3.63) is 24.3 Å². The lowest BCUT2D eigenvalue weighted by Crippen LogP contribution is -2.50. The van der Waals surface area contributed by atoms with Crippen molar-refractivity contribution in [1.82, 2.24) is 21.1 Å². The molecule has 0 radical (unpaired) electrons. The molecule has 0 spiro atoms. The molecule has 1 heterocycles. The molecule has 0 saturated carbocycles. The van der Waals surface area contributed by atoms with E-state index in [2.05, 4.69) is 26.4 Å². The second-order valence-electron chi connectivity index (χ2n) is 5.37. The molecule has 1 aromatic rings. The van der Waals surface area contributed by atoms with Crippen molar-refractivity contribution in [2.24, 2.45) is 0 Å². The third kappa shape index (κ3) is 7.82. The van der Waals surface area contributed by atoms with Gasteiger partial charge in [-0.1, -0.05) is 0 Å². The summed E-state index contributed by atoms with van der Waals surface area (Å²) in [6, 6.07) is 7.58. The van der Waals surface area contributed by atoms with Gasteiger partial charge in [-0.25, -0.2) is 0 Å². The first kappa shape index (κ1) is 19.6. The Morgan fingerprint density at radius 1 is 1.12 bits per heavy atom. The Labute approximate surface area is 159 Å². The maximum Gasteiger partial charge on any atom is 0.189 e. The van der Waals surface area contributed by atoms with Crippen molar-refractivity contribution in [3.63, 3.8) is 0 Å². The monoisotopic (exact) mass is 383 g/mol. The first-order valence-corrected chi connectivity index (χ1v) is 9.13. The Balaban J connectivity index is 1.59. The second-order valence-corrected chi connectivity index (χ2v) is 6.19. The van der Waals surface area contributed by atoms with Crippen molar-refractivity contribution in [2.75, 3.05) is 51.3 Å². The predicted molar refractivity (Wildman–Crippen MR) is 108 cm³/mol. The van der Waals surface area contributed by atoms with Crippen LogP contribution in [0.1, 0.15) is 6.92 Å². The van der Waals surface area contributed by atoms with Gasteiger partial charge < -0.3 is 20.1 Å². The zero-order chi connectivity index (χ0) is 17.9. The molecule has 0 amide bonds. The van der Waals surface area contributed by atoms with Crippen LogP contribution in [0.15, 0.2) is 24.3 Å². The van der Waals surface area contributed by atoms with E-state index in [4.69, 9.17) is 33.9 Å². The molecule has 0 aromatic heterocycles. The number of hydrogen-bond acceptors (Lipinski definition) is 5. The Morgan fingerprint density at radius 3 is 2.48 bits per heavy atom. The Morgan fingerprint density at radius 2 is 1.80 bits per heavy atom. The van der Waals surface area contributed by atoms with E-state index in [1.165, 1.54) is 0 Å². The number of morpholine rings is 1. The molecule has 1 aliphatic heterocycles. The molecule has 7 nitrogen and oxygen atoms in total. The van der Waals surface area contributed by atoms with Crippen LogP contribution in [0.25, 0.3) is 0 Å². The summed E-state index contributed by atoms with van der Waals surface area (Å²) in [5, 5.41) is 7.14. The smallest absolute Gasteiger partial charge is 0.189 e. The number of anilines is 1. The Kier molecular flexibility index (Phi) is 8.67. The van der Waals surface area contributed by atoms with Crippen LogP contribution in [-0.4, -0.2) is 61.1 Å². The summed E-state index contributed by atoms with van der Waals surface area (Å²) < 4.78 is 10.7. The highest BCUT2D eigenvalue weighted by Gasteiger charge is 2.09. The lowest BCUT2D eigenvalue weighted by Gasteiger charge is -2.26. The third-order valence-corrected chi connectivity index (χ3v) is 3.98. The van der Waals surface area contributed by atoms with Crippen LogP contribution >= 0.6 is 24.4 Å². The van der Waals surface area contributed by atoms with E-state index in [0.29, 0.717) is 16.8 Å². The molecule has 0 bridgehead atoms. The Bertz CT molecular complexity index is 550. The van der Waals surface area contributed by atoms with Gasteiger partial charge in [0.15, 0.2) is 10.2 Å². The predicted octanol–water partition coefficient (Wildman–Crippen LogP) is 1.08. The first-order chi connectivity index (χ1) is 12.2. The van der Waals surface area contributed by atoms with Crippen LogP contribution in [0, 0.1) is 0 Å². The number of benzene rings is 1. The molecule has 0 aliphatic carbocycles. The number of rotatable bonds is 6. The highest BCUT2D eigenvalue weighted by atomic mass is 32.1. The zero-order valence-electron chi connectivity index (χ0n) is 14.3. The zero-order valence-corrected chi connectivity index (χ0v) is 16.0. The van der Waals surface area contributed by atoms with E-state index in [9.17, 15) is 0 Å². The maximum atomic E-state index is 5.40. The van der Waals surface area contributed by atoms with Crippen LogP contribution in [0.3, 0.4) is 0 Å². The average Bonchev–Trinajstić information content (AvgIpc) is 2.63. The van der Waals surface area contributed by atoms with Crippen molar-refractivity contribution < 1.29 is 9.47 Å². The molecule has 4 N–H and O–H groups in total. The molecular formula is C16H25N5O2S2. The fourth-order valence-electron chi connectivity index (χ4n) is 2.27. The van der Waals surface area contributed by atoms with E-state index in [-0.39, 0.29) is 0 Å². The number of thiocarbonyl (C=S) groups is 2.